The molecule has 0 saturated carbocycles. The zero-order valence-electron chi connectivity index (χ0n) is 15.2. The lowest BCUT2D eigenvalue weighted by atomic mass is 10.0. The number of hydrogen-bond acceptors (Lipinski definition) is 4. The second-order valence-corrected chi connectivity index (χ2v) is 11.1. The zero-order chi connectivity index (χ0) is 19.4. The van der Waals surface area contributed by atoms with Crippen LogP contribution in [0.5, 0.6) is 0 Å². The minimum Gasteiger partial charge on any atom is -0.480 e. The Bertz CT molecular complexity index is 1030. The van der Waals surface area contributed by atoms with Gasteiger partial charge in [-0.25, -0.2) is 8.42 Å². The molecule has 0 bridgehead atoms. The second kappa shape index (κ2) is 6.36. The molecule has 1 aliphatic carbocycles. The molecule has 1 saturated heterocycles. The number of fused-ring (bicyclic) bond motifs is 3. The molecule has 1 aliphatic heterocycles. The van der Waals surface area contributed by atoms with Crippen LogP contribution in [0.15, 0.2) is 47.4 Å². The molecular weight excluding hydrogens is 382 g/mol. The molecule has 1 N–H and O–H groups in total. The molecule has 2 aliphatic rings. The lowest BCUT2D eigenvalue weighted by molar-refractivity contribution is -0.142. The van der Waals surface area contributed by atoms with Crippen molar-refractivity contribution in [1.82, 2.24) is 4.31 Å². The van der Waals surface area contributed by atoms with Crippen LogP contribution in [0.25, 0.3) is 11.1 Å². The van der Waals surface area contributed by atoms with Crippen LogP contribution in [0.3, 0.4) is 0 Å². The maximum absolute atomic E-state index is 13.3. The lowest BCUT2D eigenvalue weighted by Gasteiger charge is -2.42. The summed E-state index contributed by atoms with van der Waals surface area (Å²) in [7, 11) is -3.90. The molecule has 0 aromatic heterocycles. The lowest BCUT2D eigenvalue weighted by Crippen LogP contribution is -2.58. The Morgan fingerprint density at radius 2 is 1.85 bits per heavy atom. The van der Waals surface area contributed by atoms with E-state index < -0.39 is 26.8 Å². The predicted octanol–water partition coefficient (Wildman–Crippen LogP) is 3.23. The van der Waals surface area contributed by atoms with E-state index in [2.05, 4.69) is 0 Å². The average molecular weight is 404 g/mol. The van der Waals surface area contributed by atoms with Gasteiger partial charge in [0.2, 0.25) is 10.0 Å². The van der Waals surface area contributed by atoms with Crippen molar-refractivity contribution in [3.8, 4) is 11.1 Å². The van der Waals surface area contributed by atoms with Gasteiger partial charge in [0.05, 0.1) is 4.90 Å². The molecule has 0 spiro atoms. The molecule has 27 heavy (non-hydrogen) atoms. The van der Waals surface area contributed by atoms with Crippen LogP contribution in [0, 0.1) is 0 Å². The first-order chi connectivity index (χ1) is 12.7. The first-order valence-corrected chi connectivity index (χ1v) is 11.2. The summed E-state index contributed by atoms with van der Waals surface area (Å²) in [4.78, 5) is 12.0. The number of aliphatic carboxylic acids is 1. The van der Waals surface area contributed by atoms with Gasteiger partial charge >= 0.3 is 5.97 Å². The number of carbonyl (C=O) groups is 1. The van der Waals surface area contributed by atoms with Gasteiger partial charge in [-0.15, -0.1) is 0 Å². The Balaban J connectivity index is 1.75. The van der Waals surface area contributed by atoms with E-state index >= 15 is 0 Å². The third-order valence-corrected chi connectivity index (χ3v) is 8.55. The molecule has 4 rings (SSSR count). The van der Waals surface area contributed by atoms with Crippen molar-refractivity contribution in [3.63, 3.8) is 0 Å². The minimum atomic E-state index is -3.90. The first-order valence-electron chi connectivity index (χ1n) is 8.81. The van der Waals surface area contributed by atoms with Crippen molar-refractivity contribution in [1.29, 1.82) is 0 Å². The van der Waals surface area contributed by atoms with E-state index in [1.165, 1.54) is 17.3 Å². The number of thioether (sulfide) groups is 1. The largest absolute Gasteiger partial charge is 0.480 e. The highest BCUT2D eigenvalue weighted by molar-refractivity contribution is 8.00. The second-order valence-electron chi connectivity index (χ2n) is 7.46. The summed E-state index contributed by atoms with van der Waals surface area (Å²) in [5.74, 6) is -0.531. The normalized spacial score (nSPS) is 21.5. The van der Waals surface area contributed by atoms with Crippen LogP contribution in [0.2, 0.25) is 0 Å². The minimum absolute atomic E-state index is 0.169. The molecule has 7 heteroatoms. The van der Waals surface area contributed by atoms with Gasteiger partial charge in [0.25, 0.3) is 0 Å². The summed E-state index contributed by atoms with van der Waals surface area (Å²) in [6.07, 6.45) is 0.693. The number of sulfonamides is 1. The van der Waals surface area contributed by atoms with Gasteiger partial charge < -0.3 is 5.11 Å². The molecule has 2 aromatic rings. The summed E-state index contributed by atoms with van der Waals surface area (Å²) in [6, 6.07) is 12.1. The highest BCUT2D eigenvalue weighted by Gasteiger charge is 2.48. The monoisotopic (exact) mass is 403 g/mol. The van der Waals surface area contributed by atoms with Crippen LogP contribution in [-0.2, 0) is 21.2 Å². The number of hydrogen-bond donors (Lipinski definition) is 1. The fourth-order valence-electron chi connectivity index (χ4n) is 4.05. The SMILES string of the molecule is CC1(C)SCCN(S(=O)(=O)c2ccc3c(c2)Cc2ccccc2-3)C1C(=O)O. The number of nitrogens with zero attached hydrogens (tertiary/aromatic N) is 1. The van der Waals surface area contributed by atoms with Gasteiger partial charge in [-0.3, -0.25) is 4.79 Å². The molecule has 0 amide bonds. The highest BCUT2D eigenvalue weighted by atomic mass is 32.2. The fraction of sp³-hybridized carbons (Fsp3) is 0.350. The Morgan fingerprint density at radius 3 is 2.59 bits per heavy atom. The Labute approximate surface area is 163 Å². The molecule has 1 heterocycles. The van der Waals surface area contributed by atoms with E-state index in [9.17, 15) is 18.3 Å². The standard InChI is InChI=1S/C20H21NO4S2/c1-20(2)18(19(22)23)21(9-10-26-20)27(24,25)15-7-8-17-14(12-15)11-13-5-3-4-6-16(13)17/h3-8,12,18H,9-11H2,1-2H3,(H,22,23). The van der Waals surface area contributed by atoms with Crippen molar-refractivity contribution in [3.05, 3.63) is 53.6 Å². The number of carboxylic acid groups (broad SMARTS) is 1. The molecule has 1 unspecified atom stereocenters. The number of benzene rings is 2. The fourth-order valence-corrected chi connectivity index (χ4v) is 7.20. The molecule has 142 valence electrons. The van der Waals surface area contributed by atoms with E-state index in [0.29, 0.717) is 12.2 Å². The maximum atomic E-state index is 13.3. The summed E-state index contributed by atoms with van der Waals surface area (Å²) < 4.78 is 27.1. The van der Waals surface area contributed by atoms with E-state index in [1.807, 2.05) is 30.3 Å². The van der Waals surface area contributed by atoms with Gasteiger partial charge in [-0.05, 0) is 54.7 Å². The summed E-state index contributed by atoms with van der Waals surface area (Å²) in [5, 5.41) is 9.71. The topological polar surface area (TPSA) is 74.7 Å². The summed E-state index contributed by atoms with van der Waals surface area (Å²) in [5.41, 5.74) is 4.33. The Hall–Kier alpha value is -1.83. The molecule has 1 atom stereocenters. The van der Waals surface area contributed by atoms with Gasteiger partial charge in [-0.2, -0.15) is 16.1 Å². The van der Waals surface area contributed by atoms with Crippen LogP contribution >= 0.6 is 11.8 Å². The highest BCUT2D eigenvalue weighted by Crippen LogP contribution is 2.41. The molecule has 5 nitrogen and oxygen atoms in total. The maximum Gasteiger partial charge on any atom is 0.323 e. The van der Waals surface area contributed by atoms with Crippen molar-refractivity contribution in [2.24, 2.45) is 0 Å². The van der Waals surface area contributed by atoms with Crippen LogP contribution in [0.1, 0.15) is 25.0 Å². The molecule has 2 aromatic carbocycles. The third kappa shape index (κ3) is 2.98. The molecular formula is C20H21NO4S2. The van der Waals surface area contributed by atoms with E-state index in [0.717, 1.165) is 21.0 Å². The van der Waals surface area contributed by atoms with Gasteiger partial charge in [-0.1, -0.05) is 30.3 Å². The number of rotatable bonds is 3. The third-order valence-electron chi connectivity index (χ3n) is 5.34. The average Bonchev–Trinajstić information content (AvgIpc) is 2.98. The Morgan fingerprint density at radius 1 is 1.15 bits per heavy atom. The van der Waals surface area contributed by atoms with Crippen molar-refractivity contribution in [2.45, 2.75) is 36.0 Å². The van der Waals surface area contributed by atoms with E-state index in [4.69, 9.17) is 0 Å². The van der Waals surface area contributed by atoms with Crippen molar-refractivity contribution in [2.75, 3.05) is 12.3 Å². The predicted molar refractivity (Wildman–Crippen MR) is 107 cm³/mol. The van der Waals surface area contributed by atoms with Crippen molar-refractivity contribution >= 4 is 27.8 Å². The van der Waals surface area contributed by atoms with Crippen LogP contribution in [0.4, 0.5) is 0 Å². The Kier molecular flexibility index (Phi) is 4.36. The van der Waals surface area contributed by atoms with Crippen molar-refractivity contribution < 1.29 is 18.3 Å². The quantitative estimate of drug-likeness (QED) is 0.727. The summed E-state index contributed by atoms with van der Waals surface area (Å²) >= 11 is 1.50. The number of carboxylic acids is 1. The van der Waals surface area contributed by atoms with Gasteiger partial charge in [0, 0.05) is 17.0 Å². The van der Waals surface area contributed by atoms with E-state index in [1.54, 1.807) is 26.0 Å². The van der Waals surface area contributed by atoms with Crippen LogP contribution < -0.4 is 0 Å². The van der Waals surface area contributed by atoms with Crippen LogP contribution in [-0.4, -0.2) is 46.9 Å². The molecule has 1 fully saturated rings. The van der Waals surface area contributed by atoms with Gasteiger partial charge in [0.15, 0.2) is 0 Å². The first kappa shape index (κ1) is 18.5. The van der Waals surface area contributed by atoms with Gasteiger partial charge in [0.1, 0.15) is 6.04 Å². The van der Waals surface area contributed by atoms with E-state index in [-0.39, 0.29) is 11.4 Å². The summed E-state index contributed by atoms with van der Waals surface area (Å²) in [6.45, 7) is 3.78. The smallest absolute Gasteiger partial charge is 0.323 e. The molecule has 0 radical (unpaired) electrons. The zero-order valence-corrected chi connectivity index (χ0v) is 16.8.